The van der Waals surface area contributed by atoms with E-state index in [9.17, 15) is 0 Å². The van der Waals surface area contributed by atoms with Gasteiger partial charge in [0.05, 0.1) is 0 Å². The van der Waals surface area contributed by atoms with Crippen LogP contribution in [0.15, 0.2) is 6.07 Å². The third-order valence-electron chi connectivity index (χ3n) is 0.746. The van der Waals surface area contributed by atoms with Crippen molar-refractivity contribution in [2.24, 2.45) is 0 Å². The summed E-state index contributed by atoms with van der Waals surface area (Å²) in [4.78, 5) is 1.44. The van der Waals surface area contributed by atoms with Crippen LogP contribution in [-0.2, 0) is 0 Å². The maximum Gasteiger partial charge on any atom is 0.00670 e. The zero-order valence-corrected chi connectivity index (χ0v) is 6.14. The molecule has 0 aromatic carbocycles. The average Bonchev–Trinajstić information content (AvgIpc) is 1.87. The fourth-order valence-electron chi connectivity index (χ4n) is 0.491. The van der Waals surface area contributed by atoms with Crippen molar-refractivity contribution in [3.63, 3.8) is 0 Å². The lowest BCUT2D eigenvalue weighted by Gasteiger charge is -1.69. The van der Waals surface area contributed by atoms with E-state index in [4.69, 9.17) is 0 Å². The van der Waals surface area contributed by atoms with Crippen LogP contribution < -0.4 is 0 Å². The summed E-state index contributed by atoms with van der Waals surface area (Å²) in [6.45, 7) is 4.30. The van der Waals surface area contributed by atoms with Crippen molar-refractivity contribution in [2.75, 3.05) is 0 Å². The van der Waals surface area contributed by atoms with Gasteiger partial charge in [0.15, 0.2) is 0 Å². The third-order valence-corrected chi connectivity index (χ3v) is 3.66. The molecule has 0 aliphatic carbocycles. The number of aryl methyl sites for hydroxylation is 2. The Hall–Kier alpha value is 0.130. The lowest BCUT2D eigenvalue weighted by atomic mass is 10.5. The van der Waals surface area contributed by atoms with Crippen LogP contribution in [0.25, 0.3) is 0 Å². The standard InChI is InChI=1S/C5H7PS/c1-4-3-5(2)7-6-4/h3H,1-2H3. The molecular weight excluding hydrogens is 123 g/mol. The fraction of sp³-hybridized carbons (Fsp3) is 0.400. The first-order chi connectivity index (χ1) is 3.29. The monoisotopic (exact) mass is 130 g/mol. The molecule has 1 aromatic heterocycles. The molecule has 0 saturated carbocycles. The van der Waals surface area contributed by atoms with E-state index in [1.54, 1.807) is 0 Å². The lowest BCUT2D eigenvalue weighted by Crippen LogP contribution is -1.51. The quantitative estimate of drug-likeness (QED) is 0.506. The molecule has 0 amide bonds. The van der Waals surface area contributed by atoms with Crippen molar-refractivity contribution in [3.8, 4) is 0 Å². The molecule has 7 heavy (non-hydrogen) atoms. The van der Waals surface area contributed by atoms with Gasteiger partial charge < -0.3 is 0 Å². The molecule has 0 radical (unpaired) electrons. The van der Waals surface area contributed by atoms with Crippen LogP contribution in [0, 0.1) is 13.8 Å². The van der Waals surface area contributed by atoms with E-state index in [0.29, 0.717) is 0 Å². The van der Waals surface area contributed by atoms with Crippen molar-refractivity contribution in [2.45, 2.75) is 13.8 Å². The Labute approximate surface area is 49.0 Å². The Kier molecular flexibility index (Phi) is 1.46. The van der Waals surface area contributed by atoms with Gasteiger partial charge in [-0.1, -0.05) is 0 Å². The Balaban J connectivity index is 3.04. The van der Waals surface area contributed by atoms with Crippen LogP contribution in [0.4, 0.5) is 0 Å². The molecule has 38 valence electrons. The van der Waals surface area contributed by atoms with Crippen LogP contribution >= 0.6 is 18.3 Å². The van der Waals surface area contributed by atoms with Crippen LogP contribution in [0.1, 0.15) is 10.2 Å². The molecule has 1 aromatic rings. The Bertz CT molecular complexity index is 140. The average molecular weight is 130 g/mol. The van der Waals surface area contributed by atoms with Crippen LogP contribution in [0.2, 0.25) is 0 Å². The molecule has 0 N–H and O–H groups in total. The van der Waals surface area contributed by atoms with E-state index in [2.05, 4.69) is 19.9 Å². The zero-order chi connectivity index (χ0) is 5.28. The molecule has 1 heterocycles. The van der Waals surface area contributed by atoms with E-state index >= 15 is 0 Å². The second-order valence-electron chi connectivity index (χ2n) is 1.58. The minimum atomic E-state index is 1.42. The van der Waals surface area contributed by atoms with Crippen molar-refractivity contribution in [1.82, 2.24) is 0 Å². The molecule has 0 nitrogen and oxygen atoms in total. The van der Waals surface area contributed by atoms with Crippen LogP contribution in [-0.4, -0.2) is 0 Å². The van der Waals surface area contributed by atoms with Crippen LogP contribution in [0.5, 0.6) is 0 Å². The first-order valence-corrected chi connectivity index (χ1v) is 4.50. The molecule has 0 atom stereocenters. The maximum atomic E-state index is 2.23. The van der Waals surface area contributed by atoms with Gasteiger partial charge in [-0.25, -0.2) is 0 Å². The van der Waals surface area contributed by atoms with Gasteiger partial charge in [-0.05, 0) is 32.6 Å². The predicted molar refractivity (Wildman–Crippen MR) is 36.3 cm³/mol. The molecule has 0 aliphatic rings. The Morgan fingerprint density at radius 1 is 1.57 bits per heavy atom. The van der Waals surface area contributed by atoms with Gasteiger partial charge in [0.25, 0.3) is 0 Å². The molecule has 0 unspecified atom stereocenters. The number of hydrogen-bond donors (Lipinski definition) is 0. The van der Waals surface area contributed by atoms with Gasteiger partial charge in [0.2, 0.25) is 0 Å². The van der Waals surface area contributed by atoms with E-state index < -0.39 is 0 Å². The second-order valence-corrected chi connectivity index (χ2v) is 4.39. The lowest BCUT2D eigenvalue weighted by molar-refractivity contribution is 1.56. The fourth-order valence-corrected chi connectivity index (χ4v) is 2.52. The van der Waals surface area contributed by atoms with Gasteiger partial charge >= 0.3 is 0 Å². The van der Waals surface area contributed by atoms with Gasteiger partial charge in [0.1, 0.15) is 0 Å². The van der Waals surface area contributed by atoms with Crippen molar-refractivity contribution in [3.05, 3.63) is 16.2 Å². The van der Waals surface area contributed by atoms with E-state index in [1.165, 1.54) is 17.5 Å². The number of rotatable bonds is 0. The summed E-state index contributed by atoms with van der Waals surface area (Å²) in [6, 6.07) is 2.23. The normalized spacial score (nSPS) is 10.6. The topological polar surface area (TPSA) is 0 Å². The molecule has 0 bridgehead atoms. The Morgan fingerprint density at radius 3 is 2.43 bits per heavy atom. The zero-order valence-electron chi connectivity index (χ0n) is 4.43. The smallest absolute Gasteiger partial charge is 0.00670 e. The molecule has 2 heteroatoms. The molecule has 1 rings (SSSR count). The highest BCUT2D eigenvalue weighted by Crippen LogP contribution is 2.24. The van der Waals surface area contributed by atoms with E-state index in [1.807, 2.05) is 10.9 Å². The van der Waals surface area contributed by atoms with Gasteiger partial charge in [-0.3, -0.25) is 0 Å². The largest absolute Gasteiger partial charge is 0.117 e. The summed E-state index contributed by atoms with van der Waals surface area (Å²) in [5.41, 5.74) is 0. The minimum absolute atomic E-state index is 1.42. The molecular formula is C5H7PS. The highest BCUT2D eigenvalue weighted by Gasteiger charge is 1.85. The summed E-state index contributed by atoms with van der Waals surface area (Å²) in [5, 5.41) is 1.47. The Morgan fingerprint density at radius 2 is 2.29 bits per heavy atom. The van der Waals surface area contributed by atoms with E-state index in [-0.39, 0.29) is 0 Å². The third kappa shape index (κ3) is 1.25. The summed E-state index contributed by atoms with van der Waals surface area (Å²) < 4.78 is 0. The van der Waals surface area contributed by atoms with E-state index in [0.717, 1.165) is 0 Å². The second kappa shape index (κ2) is 1.94. The van der Waals surface area contributed by atoms with Gasteiger partial charge in [-0.15, -0.1) is 10.9 Å². The van der Waals surface area contributed by atoms with Gasteiger partial charge in [0, 0.05) is 4.88 Å². The number of hydrogen-bond acceptors (Lipinski definition) is 1. The maximum absolute atomic E-state index is 2.23. The van der Waals surface area contributed by atoms with Gasteiger partial charge in [-0.2, -0.15) is 0 Å². The summed E-state index contributed by atoms with van der Waals surface area (Å²) in [7, 11) is 3.33. The minimum Gasteiger partial charge on any atom is -0.117 e. The van der Waals surface area contributed by atoms with Crippen molar-refractivity contribution in [1.29, 1.82) is 0 Å². The predicted octanol–water partition coefficient (Wildman–Crippen LogP) is 2.95. The summed E-state index contributed by atoms with van der Waals surface area (Å²) in [6.07, 6.45) is 0. The van der Waals surface area contributed by atoms with Crippen molar-refractivity contribution >= 4 is 18.3 Å². The SMILES string of the molecule is Cc1cc(C)sp1. The highest BCUT2D eigenvalue weighted by molar-refractivity contribution is 7.81. The molecule has 0 saturated heterocycles. The summed E-state index contributed by atoms with van der Waals surface area (Å²) >= 11 is 0. The molecule has 0 fully saturated rings. The molecule has 0 spiro atoms. The van der Waals surface area contributed by atoms with Crippen LogP contribution in [0.3, 0.4) is 0 Å². The summed E-state index contributed by atoms with van der Waals surface area (Å²) in [5.74, 6) is 0. The highest BCUT2D eigenvalue weighted by atomic mass is 32.5. The van der Waals surface area contributed by atoms with Crippen molar-refractivity contribution < 1.29 is 0 Å². The first kappa shape index (κ1) is 5.27. The first-order valence-electron chi connectivity index (χ1n) is 2.19. The molecule has 0 aliphatic heterocycles.